The van der Waals surface area contributed by atoms with Crippen molar-refractivity contribution in [2.75, 3.05) is 7.11 Å². The van der Waals surface area contributed by atoms with E-state index in [4.69, 9.17) is 4.42 Å². The minimum atomic E-state index is -0.188. The minimum absolute atomic E-state index is 0.134. The van der Waals surface area contributed by atoms with Crippen LogP contribution in [0.3, 0.4) is 0 Å². The Balaban J connectivity index is 2.04. The third-order valence-corrected chi connectivity index (χ3v) is 3.16. The second kappa shape index (κ2) is 10.1. The van der Waals surface area contributed by atoms with Gasteiger partial charge in [0.05, 0.1) is 13.3 Å². The number of methoxy groups -OCH3 is 1. The molecule has 1 aromatic heterocycles. The van der Waals surface area contributed by atoms with Gasteiger partial charge in [0.15, 0.2) is 4.67 Å². The Labute approximate surface area is 132 Å². The molecule has 0 radical (unpaired) electrons. The maximum atomic E-state index is 11.5. The molecule has 0 aliphatic carbocycles. The molecule has 1 aromatic rings. The largest absolute Gasteiger partial charge is 0.469 e. The number of ether oxygens (including phenoxy) is 1. The van der Waals surface area contributed by atoms with Gasteiger partial charge in [-0.05, 0) is 40.9 Å². The molecular formula is C14H19BrN2O4. The van der Waals surface area contributed by atoms with Crippen molar-refractivity contribution in [1.29, 1.82) is 0 Å². The van der Waals surface area contributed by atoms with Crippen molar-refractivity contribution in [2.45, 2.75) is 38.5 Å². The molecule has 0 saturated heterocycles. The fourth-order valence-electron chi connectivity index (χ4n) is 1.63. The molecule has 1 N–H and O–H groups in total. The van der Waals surface area contributed by atoms with Crippen LogP contribution in [0.4, 0.5) is 0 Å². The van der Waals surface area contributed by atoms with Crippen LogP contribution >= 0.6 is 15.9 Å². The molecule has 0 atom stereocenters. The van der Waals surface area contributed by atoms with Crippen LogP contribution in [0.5, 0.6) is 0 Å². The van der Waals surface area contributed by atoms with Gasteiger partial charge in [0, 0.05) is 12.8 Å². The molecule has 21 heavy (non-hydrogen) atoms. The van der Waals surface area contributed by atoms with E-state index >= 15 is 0 Å². The maximum Gasteiger partial charge on any atom is 0.305 e. The molecule has 7 heteroatoms. The highest BCUT2D eigenvalue weighted by Gasteiger charge is 2.02. The first-order valence-corrected chi connectivity index (χ1v) is 7.55. The lowest BCUT2D eigenvalue weighted by molar-refractivity contribution is -0.140. The van der Waals surface area contributed by atoms with Crippen LogP contribution in [0.2, 0.25) is 0 Å². The molecule has 0 fully saturated rings. The predicted molar refractivity (Wildman–Crippen MR) is 81.9 cm³/mol. The number of nitrogens with one attached hydrogen (secondary N) is 1. The first-order chi connectivity index (χ1) is 10.1. The smallest absolute Gasteiger partial charge is 0.305 e. The highest BCUT2D eigenvalue weighted by atomic mass is 79.9. The number of hydrogen-bond acceptors (Lipinski definition) is 5. The van der Waals surface area contributed by atoms with Crippen molar-refractivity contribution in [1.82, 2.24) is 5.43 Å². The van der Waals surface area contributed by atoms with Gasteiger partial charge in [-0.25, -0.2) is 5.43 Å². The number of esters is 1. The fourth-order valence-corrected chi connectivity index (χ4v) is 1.95. The van der Waals surface area contributed by atoms with Gasteiger partial charge in [0.1, 0.15) is 5.76 Å². The number of unbranched alkanes of at least 4 members (excludes halogenated alkanes) is 3. The average molecular weight is 359 g/mol. The average Bonchev–Trinajstić information content (AvgIpc) is 2.88. The summed E-state index contributed by atoms with van der Waals surface area (Å²) in [5.41, 5.74) is 2.44. The Bertz CT molecular complexity index is 485. The first kappa shape index (κ1) is 17.4. The Kier molecular flexibility index (Phi) is 8.42. The second-order valence-corrected chi connectivity index (χ2v) is 5.21. The number of hydrazone groups is 1. The van der Waals surface area contributed by atoms with Crippen LogP contribution in [-0.2, 0) is 14.3 Å². The van der Waals surface area contributed by atoms with Crippen molar-refractivity contribution in [3.63, 3.8) is 0 Å². The molecule has 0 bridgehead atoms. The fraction of sp³-hybridized carbons (Fsp3) is 0.500. The highest BCUT2D eigenvalue weighted by molar-refractivity contribution is 9.10. The maximum absolute atomic E-state index is 11.5. The van der Waals surface area contributed by atoms with E-state index in [0.29, 0.717) is 23.3 Å². The molecule has 0 saturated carbocycles. The normalized spacial score (nSPS) is 10.8. The number of rotatable bonds is 9. The van der Waals surface area contributed by atoms with Gasteiger partial charge in [0.25, 0.3) is 0 Å². The first-order valence-electron chi connectivity index (χ1n) is 6.76. The highest BCUT2D eigenvalue weighted by Crippen LogP contribution is 2.12. The molecule has 0 aromatic carbocycles. The third-order valence-electron chi connectivity index (χ3n) is 2.74. The van der Waals surface area contributed by atoms with E-state index in [1.807, 2.05) is 0 Å². The Morgan fingerprint density at radius 3 is 2.62 bits per heavy atom. The number of hydrogen-bond donors (Lipinski definition) is 1. The van der Waals surface area contributed by atoms with Crippen molar-refractivity contribution >= 4 is 34.0 Å². The van der Waals surface area contributed by atoms with Gasteiger partial charge in [0.2, 0.25) is 5.91 Å². The molecule has 0 unspecified atom stereocenters. The number of furan rings is 1. The zero-order valence-electron chi connectivity index (χ0n) is 11.9. The summed E-state index contributed by atoms with van der Waals surface area (Å²) >= 11 is 3.18. The van der Waals surface area contributed by atoms with Crippen LogP contribution in [0.1, 0.15) is 44.3 Å². The molecular weight excluding hydrogens is 340 g/mol. The van der Waals surface area contributed by atoms with Gasteiger partial charge in [-0.15, -0.1) is 0 Å². The number of amides is 1. The SMILES string of the molecule is COC(=O)CCCCCCC(=O)N/N=C/c1ccc(Br)o1. The van der Waals surface area contributed by atoms with Crippen LogP contribution in [0, 0.1) is 0 Å². The summed E-state index contributed by atoms with van der Waals surface area (Å²) in [7, 11) is 1.38. The van der Waals surface area contributed by atoms with E-state index in [0.717, 1.165) is 25.7 Å². The zero-order chi connectivity index (χ0) is 15.5. The summed E-state index contributed by atoms with van der Waals surface area (Å²) in [4.78, 5) is 22.4. The van der Waals surface area contributed by atoms with E-state index < -0.39 is 0 Å². The summed E-state index contributed by atoms with van der Waals surface area (Å²) < 4.78 is 10.4. The third kappa shape index (κ3) is 8.29. The number of carbonyl (C=O) groups excluding carboxylic acids is 2. The van der Waals surface area contributed by atoms with Crippen molar-refractivity contribution < 1.29 is 18.7 Å². The van der Waals surface area contributed by atoms with Gasteiger partial charge < -0.3 is 9.15 Å². The number of nitrogens with zero attached hydrogens (tertiary/aromatic N) is 1. The summed E-state index contributed by atoms with van der Waals surface area (Å²) in [6, 6.07) is 3.48. The molecule has 1 heterocycles. The Morgan fingerprint density at radius 1 is 1.29 bits per heavy atom. The van der Waals surface area contributed by atoms with Crippen LogP contribution in [0.25, 0.3) is 0 Å². The van der Waals surface area contributed by atoms with Gasteiger partial charge in [-0.3, -0.25) is 9.59 Å². The molecule has 0 aliphatic heterocycles. The quantitative estimate of drug-likeness (QED) is 0.318. The Morgan fingerprint density at radius 2 is 2.00 bits per heavy atom. The number of carbonyl (C=O) groups is 2. The molecule has 0 spiro atoms. The van der Waals surface area contributed by atoms with E-state index in [1.165, 1.54) is 13.3 Å². The number of halogens is 1. The molecule has 1 rings (SSSR count). The second-order valence-electron chi connectivity index (χ2n) is 4.43. The van der Waals surface area contributed by atoms with Crippen molar-refractivity contribution in [3.05, 3.63) is 22.6 Å². The summed E-state index contributed by atoms with van der Waals surface area (Å²) in [6.07, 6.45) is 5.67. The van der Waals surface area contributed by atoms with E-state index in [-0.39, 0.29) is 11.9 Å². The van der Waals surface area contributed by atoms with Gasteiger partial charge >= 0.3 is 5.97 Å². The van der Waals surface area contributed by atoms with Crippen LogP contribution in [-0.4, -0.2) is 25.2 Å². The van der Waals surface area contributed by atoms with E-state index in [2.05, 4.69) is 31.2 Å². The summed E-state index contributed by atoms with van der Waals surface area (Å²) in [5, 5.41) is 3.80. The molecule has 116 valence electrons. The predicted octanol–water partition coefficient (Wildman–Crippen LogP) is 3.01. The minimum Gasteiger partial charge on any atom is -0.469 e. The lowest BCUT2D eigenvalue weighted by Gasteiger charge is -2.01. The molecule has 1 amide bonds. The summed E-state index contributed by atoms with van der Waals surface area (Å²) in [6.45, 7) is 0. The Hall–Kier alpha value is -1.63. The van der Waals surface area contributed by atoms with E-state index in [1.54, 1.807) is 12.1 Å². The van der Waals surface area contributed by atoms with E-state index in [9.17, 15) is 9.59 Å². The van der Waals surface area contributed by atoms with Gasteiger partial charge in [-0.2, -0.15) is 5.10 Å². The molecule has 6 nitrogen and oxygen atoms in total. The topological polar surface area (TPSA) is 80.9 Å². The lowest BCUT2D eigenvalue weighted by atomic mass is 10.1. The lowest BCUT2D eigenvalue weighted by Crippen LogP contribution is -2.16. The van der Waals surface area contributed by atoms with Crippen molar-refractivity contribution in [3.8, 4) is 0 Å². The molecule has 0 aliphatic rings. The van der Waals surface area contributed by atoms with Crippen molar-refractivity contribution in [2.24, 2.45) is 5.10 Å². The zero-order valence-corrected chi connectivity index (χ0v) is 13.5. The monoisotopic (exact) mass is 358 g/mol. The summed E-state index contributed by atoms with van der Waals surface area (Å²) in [5.74, 6) is 0.237. The van der Waals surface area contributed by atoms with Crippen LogP contribution in [0.15, 0.2) is 26.3 Å². The van der Waals surface area contributed by atoms with Gasteiger partial charge in [-0.1, -0.05) is 12.8 Å². The van der Waals surface area contributed by atoms with Crippen LogP contribution < -0.4 is 5.43 Å². The standard InChI is InChI=1S/C14H19BrN2O4/c1-20-14(19)7-5-3-2-4-6-13(18)17-16-10-11-8-9-12(15)21-11/h8-10H,2-7H2,1H3,(H,17,18)/b16-10+.